The maximum Gasteiger partial charge on any atom is 0.245 e. The van der Waals surface area contributed by atoms with Gasteiger partial charge in [0.2, 0.25) is 5.91 Å². The van der Waals surface area contributed by atoms with Crippen LogP contribution in [0.5, 0.6) is 0 Å². The van der Waals surface area contributed by atoms with Crippen LogP contribution in [-0.2, 0) is 4.79 Å². The van der Waals surface area contributed by atoms with E-state index in [1.54, 1.807) is 0 Å². The topological polar surface area (TPSA) is 49.3 Å². The standard InChI is InChI=1S/C14H29NO2/c1-2-3-4-5-6-7-8-9-10-11-12-15-14(17)13-16/h16H,2-13H2,1H3,(H,15,17). The predicted molar refractivity (Wildman–Crippen MR) is 71.9 cm³/mol. The fraction of sp³-hybridized carbons (Fsp3) is 0.929. The molecule has 0 rings (SSSR count). The molecule has 0 fully saturated rings. The molecule has 0 atom stereocenters. The van der Waals surface area contributed by atoms with E-state index in [1.807, 2.05) is 0 Å². The maximum absolute atomic E-state index is 10.7. The number of unbranched alkanes of at least 4 members (excludes halogenated alkanes) is 9. The summed E-state index contributed by atoms with van der Waals surface area (Å²) in [5.74, 6) is -0.263. The van der Waals surface area contributed by atoms with Crippen molar-refractivity contribution in [2.45, 2.75) is 71.1 Å². The summed E-state index contributed by atoms with van der Waals surface area (Å²) in [5.41, 5.74) is 0. The number of amides is 1. The van der Waals surface area contributed by atoms with Crippen molar-refractivity contribution in [1.82, 2.24) is 5.32 Å². The smallest absolute Gasteiger partial charge is 0.245 e. The van der Waals surface area contributed by atoms with Gasteiger partial charge in [0.1, 0.15) is 6.61 Å². The van der Waals surface area contributed by atoms with Crippen LogP contribution >= 0.6 is 0 Å². The highest BCUT2D eigenvalue weighted by atomic mass is 16.3. The monoisotopic (exact) mass is 243 g/mol. The zero-order chi connectivity index (χ0) is 12.8. The van der Waals surface area contributed by atoms with E-state index in [2.05, 4.69) is 12.2 Å². The van der Waals surface area contributed by atoms with E-state index in [0.717, 1.165) is 6.42 Å². The molecule has 0 unspecified atom stereocenters. The van der Waals surface area contributed by atoms with Crippen molar-refractivity contribution in [3.8, 4) is 0 Å². The Balaban J connectivity index is 2.96. The highest BCUT2D eigenvalue weighted by molar-refractivity contribution is 5.76. The summed E-state index contributed by atoms with van der Waals surface area (Å²) in [6, 6.07) is 0. The molecule has 0 saturated carbocycles. The summed E-state index contributed by atoms with van der Waals surface area (Å²) in [6.07, 6.45) is 13.0. The first-order valence-electron chi connectivity index (χ1n) is 7.18. The van der Waals surface area contributed by atoms with Gasteiger partial charge in [-0.05, 0) is 6.42 Å². The van der Waals surface area contributed by atoms with E-state index < -0.39 is 6.61 Å². The maximum atomic E-state index is 10.7. The number of carbonyl (C=O) groups excluding carboxylic acids is 1. The fourth-order valence-electron chi connectivity index (χ4n) is 1.90. The minimum absolute atomic E-state index is 0.263. The third kappa shape index (κ3) is 13.4. The van der Waals surface area contributed by atoms with Crippen LogP contribution in [0.25, 0.3) is 0 Å². The van der Waals surface area contributed by atoms with Gasteiger partial charge in [-0.25, -0.2) is 0 Å². The molecule has 0 aromatic heterocycles. The molecular weight excluding hydrogens is 214 g/mol. The van der Waals surface area contributed by atoms with Crippen LogP contribution in [0.2, 0.25) is 0 Å². The zero-order valence-corrected chi connectivity index (χ0v) is 11.3. The molecule has 2 N–H and O–H groups in total. The molecule has 0 aromatic rings. The van der Waals surface area contributed by atoms with E-state index in [9.17, 15) is 4.79 Å². The Morgan fingerprint density at radius 3 is 1.82 bits per heavy atom. The lowest BCUT2D eigenvalue weighted by Crippen LogP contribution is -2.26. The number of nitrogens with one attached hydrogen (secondary N) is 1. The first-order chi connectivity index (χ1) is 8.31. The van der Waals surface area contributed by atoms with E-state index >= 15 is 0 Å². The van der Waals surface area contributed by atoms with Gasteiger partial charge in [0.05, 0.1) is 0 Å². The van der Waals surface area contributed by atoms with Crippen molar-refractivity contribution < 1.29 is 9.90 Å². The first-order valence-corrected chi connectivity index (χ1v) is 7.18. The van der Waals surface area contributed by atoms with Crippen LogP contribution in [0.15, 0.2) is 0 Å². The van der Waals surface area contributed by atoms with Gasteiger partial charge < -0.3 is 10.4 Å². The normalized spacial score (nSPS) is 10.5. The Hall–Kier alpha value is -0.570. The highest BCUT2D eigenvalue weighted by Gasteiger charge is 1.96. The van der Waals surface area contributed by atoms with Crippen LogP contribution in [0.4, 0.5) is 0 Å². The summed E-state index contributed by atoms with van der Waals surface area (Å²) in [5, 5.41) is 11.2. The van der Waals surface area contributed by atoms with Gasteiger partial charge in [-0.15, -0.1) is 0 Å². The van der Waals surface area contributed by atoms with Gasteiger partial charge in [-0.1, -0.05) is 64.7 Å². The predicted octanol–water partition coefficient (Wildman–Crippen LogP) is 3.02. The van der Waals surface area contributed by atoms with Crippen molar-refractivity contribution in [1.29, 1.82) is 0 Å². The van der Waals surface area contributed by atoms with Crippen LogP contribution in [0, 0.1) is 0 Å². The molecular formula is C14H29NO2. The lowest BCUT2D eigenvalue weighted by Gasteiger charge is -2.03. The third-order valence-electron chi connectivity index (χ3n) is 3.00. The summed E-state index contributed by atoms with van der Waals surface area (Å²) in [6.45, 7) is 2.56. The van der Waals surface area contributed by atoms with Crippen LogP contribution in [-0.4, -0.2) is 24.2 Å². The molecule has 17 heavy (non-hydrogen) atoms. The van der Waals surface area contributed by atoms with Crippen molar-refractivity contribution in [3.05, 3.63) is 0 Å². The lowest BCUT2D eigenvalue weighted by atomic mass is 10.1. The fourth-order valence-corrected chi connectivity index (χ4v) is 1.90. The van der Waals surface area contributed by atoms with Crippen molar-refractivity contribution >= 4 is 5.91 Å². The van der Waals surface area contributed by atoms with Gasteiger partial charge in [-0.2, -0.15) is 0 Å². The second-order valence-electron chi connectivity index (χ2n) is 4.69. The van der Waals surface area contributed by atoms with Crippen molar-refractivity contribution in [3.63, 3.8) is 0 Å². The van der Waals surface area contributed by atoms with Crippen LogP contribution in [0.1, 0.15) is 71.1 Å². The van der Waals surface area contributed by atoms with E-state index in [4.69, 9.17) is 5.11 Å². The van der Waals surface area contributed by atoms with E-state index in [-0.39, 0.29) is 5.91 Å². The van der Waals surface area contributed by atoms with E-state index in [1.165, 1.54) is 57.8 Å². The molecule has 0 aliphatic rings. The molecule has 0 radical (unpaired) electrons. The first kappa shape index (κ1) is 16.4. The second kappa shape index (κ2) is 13.5. The Morgan fingerprint density at radius 1 is 0.882 bits per heavy atom. The molecule has 0 heterocycles. The van der Waals surface area contributed by atoms with Gasteiger partial charge >= 0.3 is 0 Å². The average Bonchev–Trinajstić information content (AvgIpc) is 2.35. The lowest BCUT2D eigenvalue weighted by molar-refractivity contribution is -0.123. The number of aliphatic hydroxyl groups excluding tert-OH is 1. The van der Waals surface area contributed by atoms with Gasteiger partial charge in [0.25, 0.3) is 0 Å². The molecule has 0 aromatic carbocycles. The molecule has 0 aliphatic heterocycles. The third-order valence-corrected chi connectivity index (χ3v) is 3.00. The number of rotatable bonds is 12. The Bertz CT molecular complexity index is 172. The van der Waals surface area contributed by atoms with Gasteiger partial charge in [0, 0.05) is 6.54 Å². The molecule has 0 aliphatic carbocycles. The minimum Gasteiger partial charge on any atom is -0.387 e. The average molecular weight is 243 g/mol. The molecule has 0 spiro atoms. The SMILES string of the molecule is CCCCCCCCCCCCNC(=O)CO. The molecule has 0 bridgehead atoms. The highest BCUT2D eigenvalue weighted by Crippen LogP contribution is 2.10. The molecule has 0 saturated heterocycles. The summed E-state index contributed by atoms with van der Waals surface area (Å²) >= 11 is 0. The molecule has 3 nitrogen and oxygen atoms in total. The molecule has 3 heteroatoms. The van der Waals surface area contributed by atoms with Crippen LogP contribution in [0.3, 0.4) is 0 Å². The molecule has 102 valence electrons. The van der Waals surface area contributed by atoms with Crippen molar-refractivity contribution in [2.24, 2.45) is 0 Å². The Labute approximate surface area is 106 Å². The Kier molecular flexibility index (Phi) is 13.0. The van der Waals surface area contributed by atoms with E-state index in [0.29, 0.717) is 6.54 Å². The number of aliphatic hydroxyl groups is 1. The zero-order valence-electron chi connectivity index (χ0n) is 11.3. The summed E-state index contributed by atoms with van der Waals surface area (Å²) in [4.78, 5) is 10.7. The Morgan fingerprint density at radius 2 is 1.35 bits per heavy atom. The number of hydrogen-bond donors (Lipinski definition) is 2. The summed E-state index contributed by atoms with van der Waals surface area (Å²) in [7, 11) is 0. The minimum atomic E-state index is -0.391. The second-order valence-corrected chi connectivity index (χ2v) is 4.69. The van der Waals surface area contributed by atoms with Gasteiger partial charge in [-0.3, -0.25) is 4.79 Å². The molecule has 1 amide bonds. The van der Waals surface area contributed by atoms with Crippen LogP contribution < -0.4 is 5.32 Å². The largest absolute Gasteiger partial charge is 0.387 e. The van der Waals surface area contributed by atoms with Gasteiger partial charge in [0.15, 0.2) is 0 Å². The number of carbonyl (C=O) groups is 1. The number of hydrogen-bond acceptors (Lipinski definition) is 2. The summed E-state index contributed by atoms with van der Waals surface area (Å²) < 4.78 is 0. The van der Waals surface area contributed by atoms with Crippen molar-refractivity contribution in [2.75, 3.05) is 13.2 Å². The quantitative estimate of drug-likeness (QED) is 0.518.